The zero-order valence-electron chi connectivity index (χ0n) is 17.8. The largest absolute Gasteiger partial charge is 0.508 e. The molecule has 34 heavy (non-hydrogen) atoms. The minimum absolute atomic E-state index is 0.0505. The van der Waals surface area contributed by atoms with E-state index >= 15 is 0 Å². The molecule has 0 aromatic heterocycles. The Labute approximate surface area is 193 Å². The summed E-state index contributed by atoms with van der Waals surface area (Å²) >= 11 is 0. The molecule has 1 fully saturated rings. The number of hydrogen-bond donors (Lipinski definition) is 5. The van der Waals surface area contributed by atoms with Crippen LogP contribution in [0.2, 0.25) is 0 Å². The van der Waals surface area contributed by atoms with Crippen LogP contribution in [-0.4, -0.2) is 86.2 Å². The van der Waals surface area contributed by atoms with E-state index in [1.54, 1.807) is 12.1 Å². The van der Waals surface area contributed by atoms with E-state index in [9.17, 15) is 39.9 Å². The molecule has 11 heteroatoms. The summed E-state index contributed by atoms with van der Waals surface area (Å²) < 4.78 is 15.1. The molecule has 1 heterocycles. The van der Waals surface area contributed by atoms with Crippen LogP contribution >= 0.6 is 0 Å². The maximum atomic E-state index is 12.0. The van der Waals surface area contributed by atoms with Gasteiger partial charge in [0.25, 0.3) is 0 Å². The molecule has 1 saturated heterocycles. The second-order valence-corrected chi connectivity index (χ2v) is 7.79. The number of aromatic hydroxyl groups is 1. The van der Waals surface area contributed by atoms with Crippen molar-refractivity contribution in [2.24, 2.45) is 0 Å². The molecule has 0 spiro atoms. The Morgan fingerprint density at radius 1 is 1.06 bits per heavy atom. The molecule has 182 valence electrons. The van der Waals surface area contributed by atoms with E-state index in [0.717, 1.165) is 30.4 Å². The van der Waals surface area contributed by atoms with Crippen molar-refractivity contribution in [2.45, 2.75) is 42.7 Å². The number of aliphatic hydroxyl groups excluding tert-OH is 3. The lowest BCUT2D eigenvalue weighted by Gasteiger charge is -2.39. The number of esters is 2. The lowest BCUT2D eigenvalue weighted by atomic mass is 9.94. The molecule has 5 N–H and O–H groups in total. The summed E-state index contributed by atoms with van der Waals surface area (Å²) in [5, 5.41) is 50.2. The minimum Gasteiger partial charge on any atom is -0.508 e. The third-order valence-corrected chi connectivity index (χ3v) is 5.13. The standard InChI is InChI=1S/C23H24O11/c24-14-4-1-13(2-5-14)3-6-17(26)34-21-20(29)19(28)16(33-22(21)30)12-32-18(27)11-23(31)9-7-15(25)8-10-23/h1-10,16,19-22,24,28-31H,11-12H2. The van der Waals surface area contributed by atoms with Gasteiger partial charge >= 0.3 is 11.9 Å². The fourth-order valence-corrected chi connectivity index (χ4v) is 3.25. The molecule has 2 aliphatic rings. The molecule has 0 saturated carbocycles. The van der Waals surface area contributed by atoms with Gasteiger partial charge in [-0.05, 0) is 48.1 Å². The van der Waals surface area contributed by atoms with E-state index in [-0.39, 0.29) is 11.5 Å². The van der Waals surface area contributed by atoms with Gasteiger partial charge in [-0.15, -0.1) is 0 Å². The maximum Gasteiger partial charge on any atom is 0.331 e. The highest BCUT2D eigenvalue weighted by Crippen LogP contribution is 2.24. The van der Waals surface area contributed by atoms with Gasteiger partial charge in [0.1, 0.15) is 36.3 Å². The average Bonchev–Trinajstić information content (AvgIpc) is 2.80. The molecule has 0 bridgehead atoms. The molecule has 11 nitrogen and oxygen atoms in total. The molecular weight excluding hydrogens is 452 g/mol. The van der Waals surface area contributed by atoms with Crippen LogP contribution in [0.5, 0.6) is 5.75 Å². The number of carbonyl (C=O) groups excluding carboxylic acids is 3. The van der Waals surface area contributed by atoms with Crippen molar-refractivity contribution in [1.29, 1.82) is 0 Å². The highest BCUT2D eigenvalue weighted by molar-refractivity contribution is 6.00. The lowest BCUT2D eigenvalue weighted by Crippen LogP contribution is -2.60. The number of benzene rings is 1. The van der Waals surface area contributed by atoms with Gasteiger partial charge < -0.3 is 39.7 Å². The van der Waals surface area contributed by atoms with E-state index in [2.05, 4.69) is 0 Å². The van der Waals surface area contributed by atoms with Crippen LogP contribution in [0.3, 0.4) is 0 Å². The summed E-state index contributed by atoms with van der Waals surface area (Å²) in [6, 6.07) is 5.92. The van der Waals surface area contributed by atoms with Crippen molar-refractivity contribution in [2.75, 3.05) is 6.61 Å². The third kappa shape index (κ3) is 6.59. The first-order valence-electron chi connectivity index (χ1n) is 10.2. The number of hydrogen-bond acceptors (Lipinski definition) is 11. The Kier molecular flexibility index (Phi) is 7.97. The Morgan fingerprint density at radius 2 is 1.71 bits per heavy atom. The molecule has 0 radical (unpaired) electrons. The minimum atomic E-state index is -1.83. The van der Waals surface area contributed by atoms with Crippen LogP contribution in [0.4, 0.5) is 0 Å². The molecule has 5 atom stereocenters. The van der Waals surface area contributed by atoms with E-state index in [4.69, 9.17) is 14.2 Å². The summed E-state index contributed by atoms with van der Waals surface area (Å²) in [6.45, 7) is -0.571. The van der Waals surface area contributed by atoms with Crippen LogP contribution in [0.25, 0.3) is 6.08 Å². The van der Waals surface area contributed by atoms with Gasteiger partial charge in [0, 0.05) is 6.08 Å². The second-order valence-electron chi connectivity index (χ2n) is 7.79. The Hall–Kier alpha value is -3.35. The molecule has 5 unspecified atom stereocenters. The van der Waals surface area contributed by atoms with Crippen LogP contribution in [-0.2, 0) is 28.6 Å². The van der Waals surface area contributed by atoms with Crippen LogP contribution in [0.15, 0.2) is 54.6 Å². The molecule has 1 aromatic rings. The van der Waals surface area contributed by atoms with E-state index in [1.165, 1.54) is 18.2 Å². The third-order valence-electron chi connectivity index (χ3n) is 5.13. The van der Waals surface area contributed by atoms with Crippen LogP contribution in [0.1, 0.15) is 12.0 Å². The fraction of sp³-hybridized carbons (Fsp3) is 0.348. The van der Waals surface area contributed by atoms with Gasteiger partial charge in [-0.2, -0.15) is 0 Å². The fourth-order valence-electron chi connectivity index (χ4n) is 3.25. The summed E-state index contributed by atoms with van der Waals surface area (Å²) in [4.78, 5) is 35.2. The van der Waals surface area contributed by atoms with Gasteiger partial charge in [0.2, 0.25) is 0 Å². The second kappa shape index (κ2) is 10.7. The molecular formula is C23H24O11. The first kappa shape index (κ1) is 25.3. The number of ketones is 1. The summed E-state index contributed by atoms with van der Waals surface area (Å²) in [5.41, 5.74) is -1.13. The van der Waals surface area contributed by atoms with Gasteiger partial charge in [-0.25, -0.2) is 4.79 Å². The maximum absolute atomic E-state index is 12.0. The van der Waals surface area contributed by atoms with E-state index in [0.29, 0.717) is 5.56 Å². The van der Waals surface area contributed by atoms with Crippen LogP contribution < -0.4 is 0 Å². The topological polar surface area (TPSA) is 180 Å². The number of aliphatic hydroxyl groups is 4. The van der Waals surface area contributed by atoms with Crippen LogP contribution in [0, 0.1) is 0 Å². The van der Waals surface area contributed by atoms with Gasteiger partial charge in [-0.3, -0.25) is 9.59 Å². The first-order valence-corrected chi connectivity index (χ1v) is 10.2. The number of carbonyl (C=O) groups is 3. The predicted molar refractivity (Wildman–Crippen MR) is 114 cm³/mol. The van der Waals surface area contributed by atoms with E-state index < -0.39 is 61.3 Å². The zero-order valence-corrected chi connectivity index (χ0v) is 17.8. The zero-order chi connectivity index (χ0) is 24.9. The number of allylic oxidation sites excluding steroid dienone is 2. The van der Waals surface area contributed by atoms with Gasteiger partial charge in [-0.1, -0.05) is 12.1 Å². The molecule has 1 aromatic carbocycles. The van der Waals surface area contributed by atoms with E-state index in [1.807, 2.05) is 0 Å². The molecule has 3 rings (SSSR count). The van der Waals surface area contributed by atoms with Crippen molar-refractivity contribution < 1.29 is 54.1 Å². The number of phenols is 1. The van der Waals surface area contributed by atoms with Crippen molar-refractivity contribution >= 4 is 23.8 Å². The Morgan fingerprint density at radius 3 is 2.35 bits per heavy atom. The number of rotatable bonds is 7. The van der Waals surface area contributed by atoms with Gasteiger partial charge in [0.05, 0.1) is 6.42 Å². The summed E-state index contributed by atoms with van der Waals surface area (Å²) in [6.07, 6.45) is -1.83. The molecule has 1 aliphatic heterocycles. The summed E-state index contributed by atoms with van der Waals surface area (Å²) in [5.74, 6) is -2.11. The monoisotopic (exact) mass is 476 g/mol. The number of phenolic OH excluding ortho intramolecular Hbond substituents is 1. The molecule has 1 aliphatic carbocycles. The summed E-state index contributed by atoms with van der Waals surface area (Å²) in [7, 11) is 0. The average molecular weight is 476 g/mol. The van der Waals surface area contributed by atoms with Crippen molar-refractivity contribution in [3.63, 3.8) is 0 Å². The first-order chi connectivity index (χ1) is 16.1. The highest BCUT2D eigenvalue weighted by atomic mass is 16.7. The van der Waals surface area contributed by atoms with Crippen molar-refractivity contribution in [1.82, 2.24) is 0 Å². The smallest absolute Gasteiger partial charge is 0.331 e. The number of ether oxygens (including phenoxy) is 3. The lowest BCUT2D eigenvalue weighted by molar-refractivity contribution is -0.290. The molecule has 0 amide bonds. The predicted octanol–water partition coefficient (Wildman–Crippen LogP) is -0.884. The SMILES string of the molecule is O=C1C=CC(O)(CC(=O)OCC2OC(O)C(OC(=O)C=Cc3ccc(O)cc3)C(O)C2O)C=C1. The van der Waals surface area contributed by atoms with Crippen molar-refractivity contribution in [3.8, 4) is 5.75 Å². The van der Waals surface area contributed by atoms with Gasteiger partial charge in [0.15, 0.2) is 18.2 Å². The van der Waals surface area contributed by atoms with Crippen molar-refractivity contribution in [3.05, 3.63) is 60.2 Å². The Bertz CT molecular complexity index is 979. The normalized spacial score (nSPS) is 28.1. The quantitative estimate of drug-likeness (QED) is 0.243. The Balaban J connectivity index is 1.50. The highest BCUT2D eigenvalue weighted by Gasteiger charge is 2.46.